The molecule has 8 heteroatoms. The molecular weight excluding hydrogens is 378 g/mol. The molecule has 8 nitrogen and oxygen atoms in total. The third kappa shape index (κ3) is 3.87. The van der Waals surface area contributed by atoms with Gasteiger partial charge in [0.2, 0.25) is 5.95 Å². The van der Waals surface area contributed by atoms with E-state index in [-0.39, 0.29) is 6.73 Å². The van der Waals surface area contributed by atoms with Crippen molar-refractivity contribution in [2.45, 2.75) is 101 Å². The fourth-order valence-corrected chi connectivity index (χ4v) is 5.63. The predicted octanol–water partition coefficient (Wildman–Crippen LogP) is 3.32. The maximum Gasteiger partial charge on any atom is 0.227 e. The summed E-state index contributed by atoms with van der Waals surface area (Å²) in [5, 5.41) is 13.8. The molecule has 2 heterocycles. The maximum atomic E-state index is 10.3. The lowest BCUT2D eigenvalue weighted by molar-refractivity contribution is 0.275. The third-order valence-electron chi connectivity index (χ3n) is 7.42. The number of nitrogens with two attached hydrogens (primary N) is 1. The predicted molar refractivity (Wildman–Crippen MR) is 119 cm³/mol. The Morgan fingerprint density at radius 3 is 2.40 bits per heavy atom. The van der Waals surface area contributed by atoms with E-state index in [0.717, 1.165) is 55.5 Å². The molecule has 2 aromatic heterocycles. The monoisotopic (exact) mass is 413 g/mol. The van der Waals surface area contributed by atoms with E-state index in [0.29, 0.717) is 30.1 Å². The summed E-state index contributed by atoms with van der Waals surface area (Å²) in [5.41, 5.74) is 7.81. The van der Waals surface area contributed by atoms with Crippen LogP contribution in [0.4, 0.5) is 11.8 Å². The van der Waals surface area contributed by atoms with Crippen molar-refractivity contribution >= 4 is 22.9 Å². The molecule has 0 aliphatic heterocycles. The Morgan fingerprint density at radius 1 is 1.00 bits per heavy atom. The van der Waals surface area contributed by atoms with Crippen molar-refractivity contribution in [3.05, 3.63) is 6.33 Å². The zero-order valence-corrected chi connectivity index (χ0v) is 17.8. The average molecular weight is 414 g/mol. The first-order valence-corrected chi connectivity index (χ1v) is 11.9. The van der Waals surface area contributed by atoms with Crippen LogP contribution in [0.25, 0.3) is 11.2 Å². The van der Waals surface area contributed by atoms with Gasteiger partial charge in [-0.25, -0.2) is 4.98 Å². The molecule has 3 aliphatic carbocycles. The summed E-state index contributed by atoms with van der Waals surface area (Å²) in [6.07, 6.45) is 15.6. The van der Waals surface area contributed by atoms with Gasteiger partial charge >= 0.3 is 0 Å². The molecule has 3 aliphatic rings. The first-order chi connectivity index (χ1) is 14.7. The first-order valence-electron chi connectivity index (χ1n) is 11.9. The zero-order chi connectivity index (χ0) is 20.5. The lowest BCUT2D eigenvalue weighted by Crippen LogP contribution is -2.36. The molecule has 164 valence electrons. The van der Waals surface area contributed by atoms with Gasteiger partial charge in [-0.2, -0.15) is 9.97 Å². The largest absolute Gasteiger partial charge is 0.376 e. The molecular formula is C22H35N7O. The number of imidazole rings is 1. The van der Waals surface area contributed by atoms with E-state index in [9.17, 15) is 5.11 Å². The number of aromatic nitrogens is 4. The standard InChI is InChI=1S/C22H35N7O/c23-15-9-11-16(12-10-15)25-22-26-20-19(24-13-28(20)17-5-1-2-6-17)21(27-22)29(14-30)18-7-3-4-8-18/h13,15-18,30H,1-12,14,23H2,(H,25,26,27). The fraction of sp³-hybridized carbons (Fsp3) is 0.773. The van der Waals surface area contributed by atoms with Crippen molar-refractivity contribution in [3.63, 3.8) is 0 Å². The molecule has 0 amide bonds. The molecule has 0 atom stereocenters. The van der Waals surface area contributed by atoms with Gasteiger partial charge in [0.25, 0.3) is 0 Å². The number of anilines is 2. The lowest BCUT2D eigenvalue weighted by Gasteiger charge is -2.29. The van der Waals surface area contributed by atoms with Crippen LogP contribution < -0.4 is 16.0 Å². The van der Waals surface area contributed by atoms with Gasteiger partial charge in [0.1, 0.15) is 6.73 Å². The molecule has 30 heavy (non-hydrogen) atoms. The van der Waals surface area contributed by atoms with Crippen LogP contribution in [-0.4, -0.2) is 49.5 Å². The summed E-state index contributed by atoms with van der Waals surface area (Å²) in [7, 11) is 0. The van der Waals surface area contributed by atoms with Crippen molar-refractivity contribution in [2.24, 2.45) is 5.73 Å². The van der Waals surface area contributed by atoms with E-state index in [1.165, 1.54) is 38.5 Å². The average Bonchev–Trinajstić information content (AvgIpc) is 3.52. The second-order valence-corrected chi connectivity index (χ2v) is 9.44. The SMILES string of the molecule is NC1CCC(Nc2nc(N(CO)C3CCCC3)c3ncn(C4CCCC4)c3n2)CC1. The van der Waals surface area contributed by atoms with E-state index in [1.54, 1.807) is 0 Å². The molecule has 0 radical (unpaired) electrons. The molecule has 0 aromatic carbocycles. The summed E-state index contributed by atoms with van der Waals surface area (Å²) in [6, 6.07) is 1.46. The van der Waals surface area contributed by atoms with Gasteiger partial charge < -0.3 is 25.6 Å². The van der Waals surface area contributed by atoms with Crippen molar-refractivity contribution < 1.29 is 5.11 Å². The van der Waals surface area contributed by atoms with Gasteiger partial charge in [-0.05, 0) is 51.4 Å². The van der Waals surface area contributed by atoms with E-state index in [4.69, 9.17) is 20.7 Å². The van der Waals surface area contributed by atoms with Crippen LogP contribution in [-0.2, 0) is 0 Å². The minimum Gasteiger partial charge on any atom is -0.376 e. The highest BCUT2D eigenvalue weighted by atomic mass is 16.3. The molecule has 0 spiro atoms. The highest BCUT2D eigenvalue weighted by molar-refractivity contribution is 5.85. The summed E-state index contributed by atoms with van der Waals surface area (Å²) in [5.74, 6) is 1.44. The quantitative estimate of drug-likeness (QED) is 0.624. The molecule has 4 N–H and O–H groups in total. The van der Waals surface area contributed by atoms with Gasteiger partial charge in [-0.3, -0.25) is 0 Å². The van der Waals surface area contributed by atoms with Crippen molar-refractivity contribution in [1.29, 1.82) is 0 Å². The summed E-state index contributed by atoms with van der Waals surface area (Å²) < 4.78 is 2.25. The van der Waals surface area contributed by atoms with Gasteiger partial charge in [-0.1, -0.05) is 25.7 Å². The Kier molecular flexibility index (Phi) is 5.78. The Balaban J connectivity index is 1.52. The van der Waals surface area contributed by atoms with Gasteiger partial charge in [0.15, 0.2) is 17.0 Å². The summed E-state index contributed by atoms with van der Waals surface area (Å²) >= 11 is 0. The number of hydrogen-bond donors (Lipinski definition) is 3. The molecule has 0 bridgehead atoms. The number of nitrogens with zero attached hydrogens (tertiary/aromatic N) is 5. The van der Waals surface area contributed by atoms with E-state index < -0.39 is 0 Å². The molecule has 2 aromatic rings. The van der Waals surface area contributed by atoms with Gasteiger partial charge in [0, 0.05) is 24.2 Å². The maximum absolute atomic E-state index is 10.3. The minimum atomic E-state index is -0.0369. The minimum absolute atomic E-state index is 0.0369. The molecule has 0 unspecified atom stereocenters. The molecule has 3 fully saturated rings. The van der Waals surface area contributed by atoms with Crippen molar-refractivity contribution in [3.8, 4) is 0 Å². The topological polar surface area (TPSA) is 105 Å². The van der Waals surface area contributed by atoms with Crippen LogP contribution in [0.2, 0.25) is 0 Å². The second-order valence-electron chi connectivity index (χ2n) is 9.44. The van der Waals surface area contributed by atoms with Gasteiger partial charge in [0.05, 0.1) is 6.33 Å². The van der Waals surface area contributed by atoms with Crippen LogP contribution in [0.5, 0.6) is 0 Å². The zero-order valence-electron chi connectivity index (χ0n) is 17.8. The van der Waals surface area contributed by atoms with E-state index in [1.807, 2.05) is 11.2 Å². The summed E-state index contributed by atoms with van der Waals surface area (Å²) in [6.45, 7) is -0.0369. The van der Waals surface area contributed by atoms with Crippen LogP contribution in [0, 0.1) is 0 Å². The number of nitrogens with one attached hydrogen (secondary N) is 1. The fourth-order valence-electron chi connectivity index (χ4n) is 5.63. The summed E-state index contributed by atoms with van der Waals surface area (Å²) in [4.78, 5) is 16.6. The van der Waals surface area contributed by atoms with Crippen molar-refractivity contribution in [2.75, 3.05) is 16.9 Å². The smallest absolute Gasteiger partial charge is 0.227 e. The van der Waals surface area contributed by atoms with Crippen LogP contribution >= 0.6 is 0 Å². The van der Waals surface area contributed by atoms with Crippen LogP contribution in [0.1, 0.15) is 83.1 Å². The third-order valence-corrected chi connectivity index (χ3v) is 7.42. The molecule has 0 saturated heterocycles. The second kappa shape index (κ2) is 8.67. The Morgan fingerprint density at radius 2 is 1.70 bits per heavy atom. The number of rotatable bonds is 6. The highest BCUT2D eigenvalue weighted by Gasteiger charge is 2.29. The Hall–Kier alpha value is -1.93. The van der Waals surface area contributed by atoms with E-state index in [2.05, 4.69) is 9.88 Å². The van der Waals surface area contributed by atoms with Crippen LogP contribution in [0.3, 0.4) is 0 Å². The first kappa shape index (κ1) is 20.0. The number of fused-ring (bicyclic) bond motifs is 1. The number of aliphatic hydroxyl groups is 1. The van der Waals surface area contributed by atoms with Crippen molar-refractivity contribution in [1.82, 2.24) is 19.5 Å². The Bertz CT molecular complexity index is 849. The molecule has 5 rings (SSSR count). The van der Waals surface area contributed by atoms with Gasteiger partial charge in [-0.15, -0.1) is 0 Å². The molecule has 3 saturated carbocycles. The normalized spacial score (nSPS) is 25.9. The number of aliphatic hydroxyl groups excluding tert-OH is 1. The van der Waals surface area contributed by atoms with E-state index >= 15 is 0 Å². The highest BCUT2D eigenvalue weighted by Crippen LogP contribution is 2.36. The number of hydrogen-bond acceptors (Lipinski definition) is 7. The van der Waals surface area contributed by atoms with Crippen LogP contribution in [0.15, 0.2) is 6.33 Å². The lowest BCUT2D eigenvalue weighted by atomic mass is 9.92. The Labute approximate surface area is 178 Å².